The van der Waals surface area contributed by atoms with Gasteiger partial charge >= 0.3 is 0 Å². The Morgan fingerprint density at radius 2 is 1.92 bits per heavy atom. The fraction of sp³-hybridized carbons (Fsp3) is 0.0556. The zero-order chi connectivity index (χ0) is 16.9. The molecule has 6 nitrogen and oxygen atoms in total. The maximum atomic E-state index is 11.3. The van der Waals surface area contributed by atoms with Crippen LogP contribution in [0.5, 0.6) is 5.75 Å². The van der Waals surface area contributed by atoms with Gasteiger partial charge in [0.2, 0.25) is 5.91 Å². The molecule has 0 atom stereocenters. The Hall–Kier alpha value is -3.41. The van der Waals surface area contributed by atoms with Gasteiger partial charge in [0.05, 0.1) is 12.8 Å². The number of rotatable bonds is 5. The van der Waals surface area contributed by atoms with E-state index >= 15 is 0 Å². The van der Waals surface area contributed by atoms with Gasteiger partial charge in [-0.3, -0.25) is 4.79 Å². The van der Waals surface area contributed by atoms with Crippen LogP contribution in [0.25, 0.3) is 11.3 Å². The molecule has 0 bridgehead atoms. The lowest BCUT2D eigenvalue weighted by Gasteiger charge is -2.10. The van der Waals surface area contributed by atoms with E-state index in [1.807, 2.05) is 36.4 Å². The number of carbonyl (C=O) groups is 1. The predicted octanol–water partition coefficient (Wildman–Crippen LogP) is 2.99. The summed E-state index contributed by atoms with van der Waals surface area (Å²) in [6, 6.07) is 16.4. The molecule has 1 heterocycles. The van der Waals surface area contributed by atoms with Crippen LogP contribution in [-0.4, -0.2) is 23.0 Å². The number of benzene rings is 2. The highest BCUT2D eigenvalue weighted by molar-refractivity contribution is 5.93. The normalized spacial score (nSPS) is 10.2. The van der Waals surface area contributed by atoms with E-state index in [2.05, 4.69) is 15.3 Å². The van der Waals surface area contributed by atoms with E-state index in [4.69, 9.17) is 10.5 Å². The summed E-state index contributed by atoms with van der Waals surface area (Å²) in [5, 5.41) is 3.15. The first-order chi connectivity index (χ1) is 11.7. The minimum atomic E-state index is -0.476. The Balaban J connectivity index is 1.91. The highest BCUT2D eigenvalue weighted by atomic mass is 16.5. The molecule has 0 saturated heterocycles. The molecule has 0 saturated carbocycles. The lowest BCUT2D eigenvalue weighted by atomic mass is 10.1. The van der Waals surface area contributed by atoms with Crippen molar-refractivity contribution in [1.29, 1.82) is 0 Å². The molecular weight excluding hydrogens is 304 g/mol. The molecule has 2 aromatic carbocycles. The summed E-state index contributed by atoms with van der Waals surface area (Å²) in [6.45, 7) is 0. The van der Waals surface area contributed by atoms with E-state index in [1.54, 1.807) is 25.3 Å². The average Bonchev–Trinajstić information content (AvgIpc) is 2.62. The molecule has 120 valence electrons. The van der Waals surface area contributed by atoms with Crippen molar-refractivity contribution in [3.05, 3.63) is 66.5 Å². The van der Waals surface area contributed by atoms with E-state index in [1.165, 1.54) is 6.33 Å². The number of ether oxygens (including phenoxy) is 1. The number of hydrogen-bond acceptors (Lipinski definition) is 5. The van der Waals surface area contributed by atoms with Crippen molar-refractivity contribution in [2.75, 3.05) is 12.4 Å². The van der Waals surface area contributed by atoms with Crippen molar-refractivity contribution < 1.29 is 9.53 Å². The Kier molecular flexibility index (Phi) is 4.38. The number of nitrogens with one attached hydrogen (secondary N) is 1. The minimum Gasteiger partial charge on any atom is -0.496 e. The number of aromatic nitrogens is 2. The second kappa shape index (κ2) is 6.78. The van der Waals surface area contributed by atoms with Crippen LogP contribution in [0.2, 0.25) is 0 Å². The van der Waals surface area contributed by atoms with E-state index in [0.29, 0.717) is 11.4 Å². The first-order valence-electron chi connectivity index (χ1n) is 7.29. The molecule has 0 aliphatic rings. The maximum absolute atomic E-state index is 11.3. The third-order valence-corrected chi connectivity index (χ3v) is 3.47. The first-order valence-corrected chi connectivity index (χ1v) is 7.29. The Bertz CT molecular complexity index is 880. The van der Waals surface area contributed by atoms with E-state index in [9.17, 15) is 4.79 Å². The molecule has 3 rings (SSSR count). The Morgan fingerprint density at radius 1 is 1.08 bits per heavy atom. The Labute approximate surface area is 139 Å². The van der Waals surface area contributed by atoms with Crippen molar-refractivity contribution in [3.8, 4) is 17.0 Å². The molecule has 0 aliphatic carbocycles. The zero-order valence-electron chi connectivity index (χ0n) is 13.1. The van der Waals surface area contributed by atoms with Crippen LogP contribution in [-0.2, 0) is 0 Å². The summed E-state index contributed by atoms with van der Waals surface area (Å²) >= 11 is 0. The van der Waals surface area contributed by atoms with Crippen LogP contribution in [0.15, 0.2) is 60.9 Å². The second-order valence-electron chi connectivity index (χ2n) is 5.06. The van der Waals surface area contributed by atoms with E-state index in [-0.39, 0.29) is 0 Å². The van der Waals surface area contributed by atoms with Gasteiger partial charge < -0.3 is 15.8 Å². The largest absolute Gasteiger partial charge is 0.496 e. The van der Waals surface area contributed by atoms with Gasteiger partial charge in [-0.25, -0.2) is 9.97 Å². The molecule has 24 heavy (non-hydrogen) atoms. The molecule has 0 fully saturated rings. The van der Waals surface area contributed by atoms with Gasteiger partial charge in [-0.05, 0) is 30.3 Å². The van der Waals surface area contributed by atoms with Crippen molar-refractivity contribution in [2.45, 2.75) is 0 Å². The van der Waals surface area contributed by atoms with Crippen molar-refractivity contribution in [3.63, 3.8) is 0 Å². The summed E-state index contributed by atoms with van der Waals surface area (Å²) in [7, 11) is 1.62. The number of carbonyl (C=O) groups excluding carboxylic acids is 1. The summed E-state index contributed by atoms with van der Waals surface area (Å²) < 4.78 is 5.37. The first kappa shape index (κ1) is 15.5. The summed E-state index contributed by atoms with van der Waals surface area (Å²) in [4.78, 5) is 19.8. The highest BCUT2D eigenvalue weighted by Crippen LogP contribution is 2.29. The van der Waals surface area contributed by atoms with Crippen molar-refractivity contribution >= 4 is 17.4 Å². The van der Waals surface area contributed by atoms with Crippen LogP contribution in [0.3, 0.4) is 0 Å². The number of anilines is 2. The van der Waals surface area contributed by atoms with Gasteiger partial charge in [0, 0.05) is 22.9 Å². The third-order valence-electron chi connectivity index (χ3n) is 3.47. The maximum Gasteiger partial charge on any atom is 0.248 e. The van der Waals surface area contributed by atoms with Crippen LogP contribution in [0, 0.1) is 0 Å². The average molecular weight is 320 g/mol. The molecule has 3 aromatic rings. The predicted molar refractivity (Wildman–Crippen MR) is 92.3 cm³/mol. The SMILES string of the molecule is COc1ccccc1-c1cc(Nc2cccc(C(N)=O)c2)ncn1. The quantitative estimate of drug-likeness (QED) is 0.754. The fourth-order valence-corrected chi connectivity index (χ4v) is 2.33. The number of hydrogen-bond donors (Lipinski definition) is 2. The molecular formula is C18H16N4O2. The Morgan fingerprint density at radius 3 is 2.71 bits per heavy atom. The zero-order valence-corrected chi connectivity index (χ0v) is 13.1. The lowest BCUT2D eigenvalue weighted by molar-refractivity contribution is 0.100. The summed E-state index contributed by atoms with van der Waals surface area (Å²) in [6.07, 6.45) is 1.47. The number of methoxy groups -OCH3 is 1. The van der Waals surface area contributed by atoms with Gasteiger partial charge in [0.25, 0.3) is 0 Å². The molecule has 6 heteroatoms. The number of amides is 1. The lowest BCUT2D eigenvalue weighted by Crippen LogP contribution is -2.10. The van der Waals surface area contributed by atoms with E-state index in [0.717, 1.165) is 22.7 Å². The van der Waals surface area contributed by atoms with Gasteiger partial charge in [0.15, 0.2) is 0 Å². The van der Waals surface area contributed by atoms with Crippen molar-refractivity contribution in [2.24, 2.45) is 5.73 Å². The van der Waals surface area contributed by atoms with Gasteiger partial charge in [0.1, 0.15) is 17.9 Å². The molecule has 0 unspecified atom stereocenters. The summed E-state index contributed by atoms with van der Waals surface area (Å²) in [5.74, 6) is 0.862. The van der Waals surface area contributed by atoms with Gasteiger partial charge in [-0.15, -0.1) is 0 Å². The monoisotopic (exact) mass is 320 g/mol. The third kappa shape index (κ3) is 3.33. The smallest absolute Gasteiger partial charge is 0.248 e. The van der Waals surface area contributed by atoms with Crippen LogP contribution >= 0.6 is 0 Å². The number of nitrogens with zero attached hydrogens (tertiary/aromatic N) is 2. The second-order valence-corrected chi connectivity index (χ2v) is 5.06. The molecule has 0 radical (unpaired) electrons. The molecule has 1 aromatic heterocycles. The highest BCUT2D eigenvalue weighted by Gasteiger charge is 2.08. The topological polar surface area (TPSA) is 90.1 Å². The van der Waals surface area contributed by atoms with Gasteiger partial charge in [-0.1, -0.05) is 18.2 Å². The number of para-hydroxylation sites is 1. The minimum absolute atomic E-state index is 0.430. The number of nitrogens with two attached hydrogens (primary N) is 1. The molecule has 3 N–H and O–H groups in total. The number of primary amides is 1. The molecule has 0 aliphatic heterocycles. The summed E-state index contributed by atoms with van der Waals surface area (Å²) in [5.41, 5.74) is 8.05. The standard InChI is InChI=1S/C18H16N4O2/c1-24-16-8-3-2-7-14(16)15-10-17(21-11-20-15)22-13-6-4-5-12(9-13)18(19)23/h2-11H,1H3,(H2,19,23)(H,20,21,22). The van der Waals surface area contributed by atoms with Crippen LogP contribution in [0.1, 0.15) is 10.4 Å². The van der Waals surface area contributed by atoms with Crippen LogP contribution < -0.4 is 15.8 Å². The van der Waals surface area contributed by atoms with Gasteiger partial charge in [-0.2, -0.15) is 0 Å². The van der Waals surface area contributed by atoms with Crippen molar-refractivity contribution in [1.82, 2.24) is 9.97 Å². The molecule has 0 spiro atoms. The van der Waals surface area contributed by atoms with E-state index < -0.39 is 5.91 Å². The molecule has 1 amide bonds. The fourth-order valence-electron chi connectivity index (χ4n) is 2.33. The van der Waals surface area contributed by atoms with Crippen LogP contribution in [0.4, 0.5) is 11.5 Å².